The van der Waals surface area contributed by atoms with Gasteiger partial charge in [0.1, 0.15) is 6.33 Å². The SMILES string of the molecule is CC(C)Cn1ncnc1C=C1CCc2cc(N)ccc21. The molecule has 1 aromatic heterocycles. The van der Waals surface area contributed by atoms with Crippen molar-refractivity contribution in [3.8, 4) is 0 Å². The van der Waals surface area contributed by atoms with Crippen LogP contribution in [0.3, 0.4) is 0 Å². The maximum absolute atomic E-state index is 5.85. The third kappa shape index (κ3) is 2.46. The minimum atomic E-state index is 0.560. The van der Waals surface area contributed by atoms with E-state index in [0.717, 1.165) is 30.9 Å². The van der Waals surface area contributed by atoms with Crippen molar-refractivity contribution >= 4 is 17.3 Å². The highest BCUT2D eigenvalue weighted by Gasteiger charge is 2.17. The smallest absolute Gasteiger partial charge is 0.151 e. The number of rotatable bonds is 3. The summed E-state index contributed by atoms with van der Waals surface area (Å²) < 4.78 is 1.98. The van der Waals surface area contributed by atoms with Crippen molar-refractivity contribution in [3.05, 3.63) is 41.5 Å². The average molecular weight is 268 g/mol. The van der Waals surface area contributed by atoms with Crippen LogP contribution < -0.4 is 5.73 Å². The summed E-state index contributed by atoms with van der Waals surface area (Å²) in [4.78, 5) is 4.37. The molecule has 4 nitrogen and oxygen atoms in total. The van der Waals surface area contributed by atoms with Gasteiger partial charge >= 0.3 is 0 Å². The van der Waals surface area contributed by atoms with Gasteiger partial charge in [-0.25, -0.2) is 9.67 Å². The van der Waals surface area contributed by atoms with E-state index in [0.29, 0.717) is 5.92 Å². The molecule has 20 heavy (non-hydrogen) atoms. The molecule has 4 heteroatoms. The second kappa shape index (κ2) is 5.12. The maximum Gasteiger partial charge on any atom is 0.151 e. The van der Waals surface area contributed by atoms with E-state index in [1.807, 2.05) is 10.7 Å². The Bertz CT molecular complexity index is 652. The second-order valence-corrected chi connectivity index (χ2v) is 5.78. The molecule has 1 heterocycles. The number of anilines is 1. The molecule has 3 rings (SSSR count). The van der Waals surface area contributed by atoms with Crippen LogP contribution in [0.4, 0.5) is 5.69 Å². The average Bonchev–Trinajstić information content (AvgIpc) is 2.97. The minimum Gasteiger partial charge on any atom is -0.399 e. The Kier molecular flexibility index (Phi) is 3.30. The number of hydrogen-bond acceptors (Lipinski definition) is 3. The zero-order valence-electron chi connectivity index (χ0n) is 12.0. The fraction of sp³-hybridized carbons (Fsp3) is 0.375. The topological polar surface area (TPSA) is 56.7 Å². The molecule has 0 bridgehead atoms. The fourth-order valence-electron chi connectivity index (χ4n) is 2.71. The Hall–Kier alpha value is -2.10. The van der Waals surface area contributed by atoms with Crippen molar-refractivity contribution in [2.24, 2.45) is 5.92 Å². The van der Waals surface area contributed by atoms with Crippen molar-refractivity contribution in [3.63, 3.8) is 0 Å². The van der Waals surface area contributed by atoms with Gasteiger partial charge in [-0.05, 0) is 53.7 Å². The van der Waals surface area contributed by atoms with E-state index in [1.54, 1.807) is 6.33 Å². The molecular weight excluding hydrogens is 248 g/mol. The molecule has 2 N–H and O–H groups in total. The predicted octanol–water partition coefficient (Wildman–Crippen LogP) is 3.00. The molecule has 0 amide bonds. The van der Waals surface area contributed by atoms with Crippen LogP contribution in [0.2, 0.25) is 0 Å². The summed E-state index contributed by atoms with van der Waals surface area (Å²) >= 11 is 0. The summed E-state index contributed by atoms with van der Waals surface area (Å²) in [6.07, 6.45) is 5.91. The summed E-state index contributed by atoms with van der Waals surface area (Å²) in [6.45, 7) is 5.27. The van der Waals surface area contributed by atoms with Crippen LogP contribution in [0.1, 0.15) is 37.2 Å². The number of nitrogen functional groups attached to an aromatic ring is 1. The number of benzene rings is 1. The Morgan fingerprint density at radius 2 is 2.20 bits per heavy atom. The molecule has 1 aromatic carbocycles. The van der Waals surface area contributed by atoms with Crippen LogP contribution in [-0.4, -0.2) is 14.8 Å². The molecule has 0 aliphatic heterocycles. The summed E-state index contributed by atoms with van der Waals surface area (Å²) in [5.41, 5.74) is 10.7. The van der Waals surface area contributed by atoms with E-state index in [-0.39, 0.29) is 0 Å². The van der Waals surface area contributed by atoms with E-state index in [4.69, 9.17) is 5.73 Å². The number of allylic oxidation sites excluding steroid dienone is 1. The molecule has 104 valence electrons. The third-order valence-electron chi connectivity index (χ3n) is 3.63. The van der Waals surface area contributed by atoms with Crippen LogP contribution in [0.25, 0.3) is 11.6 Å². The second-order valence-electron chi connectivity index (χ2n) is 5.78. The lowest BCUT2D eigenvalue weighted by molar-refractivity contribution is 0.479. The quantitative estimate of drug-likeness (QED) is 0.871. The largest absolute Gasteiger partial charge is 0.399 e. The fourth-order valence-corrected chi connectivity index (χ4v) is 2.71. The number of aryl methyl sites for hydroxylation is 1. The van der Waals surface area contributed by atoms with E-state index >= 15 is 0 Å². The highest BCUT2D eigenvalue weighted by Crippen LogP contribution is 2.34. The molecule has 0 atom stereocenters. The van der Waals surface area contributed by atoms with Crippen molar-refractivity contribution in [2.75, 3.05) is 5.73 Å². The summed E-state index contributed by atoms with van der Waals surface area (Å²) in [6, 6.07) is 6.17. The van der Waals surface area contributed by atoms with Gasteiger partial charge in [0, 0.05) is 12.2 Å². The van der Waals surface area contributed by atoms with Gasteiger partial charge in [0.2, 0.25) is 0 Å². The Balaban J connectivity index is 1.94. The summed E-state index contributed by atoms with van der Waals surface area (Å²) in [7, 11) is 0. The zero-order chi connectivity index (χ0) is 14.1. The molecule has 0 saturated heterocycles. The van der Waals surface area contributed by atoms with E-state index in [9.17, 15) is 0 Å². The Morgan fingerprint density at radius 3 is 3.00 bits per heavy atom. The monoisotopic (exact) mass is 268 g/mol. The molecule has 0 saturated carbocycles. The molecule has 0 fully saturated rings. The van der Waals surface area contributed by atoms with Crippen LogP contribution in [0.15, 0.2) is 24.5 Å². The molecule has 0 spiro atoms. The van der Waals surface area contributed by atoms with Crippen molar-refractivity contribution in [1.82, 2.24) is 14.8 Å². The van der Waals surface area contributed by atoms with E-state index in [2.05, 4.69) is 42.1 Å². The van der Waals surface area contributed by atoms with Gasteiger partial charge in [-0.15, -0.1) is 0 Å². The first-order chi connectivity index (χ1) is 9.63. The van der Waals surface area contributed by atoms with Crippen LogP contribution in [-0.2, 0) is 13.0 Å². The van der Waals surface area contributed by atoms with Gasteiger partial charge in [-0.2, -0.15) is 5.10 Å². The molecule has 2 aromatic rings. The van der Waals surface area contributed by atoms with Crippen LogP contribution in [0, 0.1) is 5.92 Å². The first-order valence-electron chi connectivity index (χ1n) is 7.10. The minimum absolute atomic E-state index is 0.560. The van der Waals surface area contributed by atoms with Crippen molar-refractivity contribution in [1.29, 1.82) is 0 Å². The van der Waals surface area contributed by atoms with Gasteiger partial charge in [-0.1, -0.05) is 19.9 Å². The zero-order valence-corrected chi connectivity index (χ0v) is 12.0. The number of nitrogens with two attached hydrogens (primary N) is 1. The number of aromatic nitrogens is 3. The predicted molar refractivity (Wildman–Crippen MR) is 81.9 cm³/mol. The van der Waals surface area contributed by atoms with Crippen LogP contribution in [0.5, 0.6) is 0 Å². The Labute approximate surface area is 119 Å². The highest BCUT2D eigenvalue weighted by atomic mass is 15.3. The maximum atomic E-state index is 5.85. The molecule has 1 aliphatic rings. The third-order valence-corrected chi connectivity index (χ3v) is 3.63. The Morgan fingerprint density at radius 1 is 1.35 bits per heavy atom. The van der Waals surface area contributed by atoms with Gasteiger partial charge < -0.3 is 5.73 Å². The van der Waals surface area contributed by atoms with Gasteiger partial charge in [-0.3, -0.25) is 0 Å². The first kappa shape index (κ1) is 12.9. The summed E-state index contributed by atoms with van der Waals surface area (Å²) in [5.74, 6) is 1.50. The lowest BCUT2D eigenvalue weighted by atomic mass is 10.1. The standard InChI is InChI=1S/C16H20N4/c1-11(2)9-20-16(18-10-19-20)8-13-4-3-12-7-14(17)5-6-15(12)13/h5-8,10-11H,3-4,9,17H2,1-2H3. The first-order valence-corrected chi connectivity index (χ1v) is 7.10. The highest BCUT2D eigenvalue weighted by molar-refractivity contribution is 5.84. The van der Waals surface area contributed by atoms with Crippen molar-refractivity contribution in [2.45, 2.75) is 33.2 Å². The number of nitrogens with zero attached hydrogens (tertiary/aromatic N) is 3. The molecular formula is C16H20N4. The van der Waals surface area contributed by atoms with Gasteiger partial charge in [0.05, 0.1) is 0 Å². The molecule has 1 aliphatic carbocycles. The van der Waals surface area contributed by atoms with E-state index < -0.39 is 0 Å². The molecule has 0 radical (unpaired) electrons. The number of fused-ring (bicyclic) bond motifs is 1. The number of hydrogen-bond donors (Lipinski definition) is 1. The van der Waals surface area contributed by atoms with E-state index in [1.165, 1.54) is 16.7 Å². The normalized spacial score (nSPS) is 16.1. The lowest BCUT2D eigenvalue weighted by Crippen LogP contribution is -2.08. The van der Waals surface area contributed by atoms with Gasteiger partial charge in [0.15, 0.2) is 5.82 Å². The summed E-state index contributed by atoms with van der Waals surface area (Å²) in [5, 5.41) is 4.31. The lowest BCUT2D eigenvalue weighted by Gasteiger charge is -2.07. The van der Waals surface area contributed by atoms with Crippen molar-refractivity contribution < 1.29 is 0 Å². The van der Waals surface area contributed by atoms with Gasteiger partial charge in [0.25, 0.3) is 0 Å². The molecule has 0 unspecified atom stereocenters. The van der Waals surface area contributed by atoms with Crippen LogP contribution >= 0.6 is 0 Å².